The second kappa shape index (κ2) is 5.01. The predicted octanol–water partition coefficient (Wildman–Crippen LogP) is 2.60. The number of nitrogens with one attached hydrogen (secondary N) is 1. The fourth-order valence-corrected chi connectivity index (χ4v) is 3.36. The highest BCUT2D eigenvalue weighted by Crippen LogP contribution is 2.30. The number of rotatable bonds is 4. The van der Waals surface area contributed by atoms with Gasteiger partial charge >= 0.3 is 5.97 Å². The maximum Gasteiger partial charge on any atom is 0.348 e. The normalized spacial score (nSPS) is 13.3. The van der Waals surface area contributed by atoms with Crippen molar-refractivity contribution in [1.29, 1.82) is 0 Å². The van der Waals surface area contributed by atoms with Crippen molar-refractivity contribution in [3.8, 4) is 0 Å². The maximum atomic E-state index is 11.9. The zero-order valence-corrected chi connectivity index (χ0v) is 11.1. The number of thiophene rings is 1. The quantitative estimate of drug-likeness (QED) is 0.689. The first-order chi connectivity index (χ1) is 9.24. The Labute approximate surface area is 114 Å². The number of ether oxygens (including phenoxy) is 1. The summed E-state index contributed by atoms with van der Waals surface area (Å²) in [5.74, 6) is -0.623. The topological polar surface area (TPSA) is 59.2 Å². The second-order valence-electron chi connectivity index (χ2n) is 4.50. The van der Waals surface area contributed by atoms with Crippen LogP contribution < -0.4 is 0 Å². The van der Waals surface area contributed by atoms with E-state index in [-0.39, 0.29) is 12.4 Å². The molecule has 0 aliphatic heterocycles. The van der Waals surface area contributed by atoms with Crippen molar-refractivity contribution in [1.82, 2.24) is 4.98 Å². The van der Waals surface area contributed by atoms with Gasteiger partial charge in [-0.25, -0.2) is 4.79 Å². The third-order valence-electron chi connectivity index (χ3n) is 3.18. The number of ketones is 1. The standard InChI is InChI=1S/C14H13NO3S/c16-11(10-4-2-6-15-10)8-18-14(17)13-7-9-3-1-5-12(9)19-13/h2,4,6-7,15H,1,3,5,8H2. The van der Waals surface area contributed by atoms with Crippen molar-refractivity contribution >= 4 is 23.1 Å². The molecule has 0 fully saturated rings. The highest BCUT2D eigenvalue weighted by Gasteiger charge is 2.20. The van der Waals surface area contributed by atoms with Crippen molar-refractivity contribution in [2.45, 2.75) is 19.3 Å². The summed E-state index contributed by atoms with van der Waals surface area (Å²) in [5, 5.41) is 0. The number of aromatic nitrogens is 1. The minimum atomic E-state index is -0.403. The van der Waals surface area contributed by atoms with E-state index in [0.29, 0.717) is 10.6 Å². The van der Waals surface area contributed by atoms with E-state index >= 15 is 0 Å². The van der Waals surface area contributed by atoms with Gasteiger partial charge in [0.15, 0.2) is 6.61 Å². The van der Waals surface area contributed by atoms with Crippen LogP contribution in [-0.2, 0) is 17.6 Å². The van der Waals surface area contributed by atoms with Crippen molar-refractivity contribution in [2.24, 2.45) is 0 Å². The van der Waals surface area contributed by atoms with Crippen molar-refractivity contribution < 1.29 is 14.3 Å². The Morgan fingerprint density at radius 3 is 3.00 bits per heavy atom. The summed E-state index contributed by atoms with van der Waals surface area (Å²) in [4.78, 5) is 28.2. The van der Waals surface area contributed by atoms with Crippen molar-refractivity contribution in [3.05, 3.63) is 45.4 Å². The van der Waals surface area contributed by atoms with E-state index in [4.69, 9.17) is 4.74 Å². The molecule has 0 radical (unpaired) electrons. The number of aromatic amines is 1. The van der Waals surface area contributed by atoms with Crippen LogP contribution in [0.1, 0.15) is 37.0 Å². The van der Waals surface area contributed by atoms with Crippen LogP contribution >= 0.6 is 11.3 Å². The number of H-pyrrole nitrogens is 1. The molecule has 4 nitrogen and oxygen atoms in total. The largest absolute Gasteiger partial charge is 0.453 e. The molecule has 0 unspecified atom stereocenters. The molecule has 2 heterocycles. The van der Waals surface area contributed by atoms with Gasteiger partial charge in [-0.05, 0) is 43.0 Å². The fraction of sp³-hybridized carbons (Fsp3) is 0.286. The number of Topliss-reactive ketones (excluding diaryl/α,β-unsaturated/α-hetero) is 1. The van der Waals surface area contributed by atoms with E-state index < -0.39 is 5.97 Å². The molecule has 98 valence electrons. The molecule has 0 bridgehead atoms. The highest BCUT2D eigenvalue weighted by molar-refractivity contribution is 7.14. The molecule has 2 aromatic rings. The Balaban J connectivity index is 1.60. The summed E-state index contributed by atoms with van der Waals surface area (Å²) >= 11 is 1.49. The first kappa shape index (κ1) is 12.2. The molecule has 1 N–H and O–H groups in total. The van der Waals surface area contributed by atoms with E-state index in [1.165, 1.54) is 28.2 Å². The molecule has 2 aromatic heterocycles. The Bertz CT molecular complexity index is 591. The molecular formula is C14H13NO3S. The first-order valence-corrected chi connectivity index (χ1v) is 7.01. The average molecular weight is 275 g/mol. The van der Waals surface area contributed by atoms with Crippen LogP contribution in [0.25, 0.3) is 0 Å². The third-order valence-corrected chi connectivity index (χ3v) is 4.40. The Kier molecular flexibility index (Phi) is 3.21. The van der Waals surface area contributed by atoms with Crippen LogP contribution in [0.3, 0.4) is 0 Å². The Morgan fingerprint density at radius 2 is 2.26 bits per heavy atom. The van der Waals surface area contributed by atoms with Gasteiger partial charge in [0, 0.05) is 11.1 Å². The number of aryl methyl sites for hydroxylation is 2. The lowest BCUT2D eigenvalue weighted by molar-refractivity contribution is 0.0478. The van der Waals surface area contributed by atoms with Gasteiger partial charge in [-0.1, -0.05) is 0 Å². The van der Waals surface area contributed by atoms with Crippen LogP contribution in [-0.4, -0.2) is 23.3 Å². The number of carbonyl (C=O) groups excluding carboxylic acids is 2. The molecule has 0 saturated carbocycles. The van der Waals surface area contributed by atoms with Crippen LogP contribution in [0.2, 0.25) is 0 Å². The molecule has 0 amide bonds. The van der Waals surface area contributed by atoms with Gasteiger partial charge in [-0.15, -0.1) is 11.3 Å². The van der Waals surface area contributed by atoms with Crippen molar-refractivity contribution in [2.75, 3.05) is 6.61 Å². The molecular weight excluding hydrogens is 262 g/mol. The van der Waals surface area contributed by atoms with Gasteiger partial charge in [-0.2, -0.15) is 0 Å². The molecule has 0 aromatic carbocycles. The van der Waals surface area contributed by atoms with E-state index in [2.05, 4.69) is 4.98 Å². The first-order valence-electron chi connectivity index (χ1n) is 6.19. The summed E-state index contributed by atoms with van der Waals surface area (Å²) in [6, 6.07) is 5.29. The molecule has 0 spiro atoms. The predicted molar refractivity (Wildman–Crippen MR) is 71.7 cm³/mol. The monoisotopic (exact) mass is 275 g/mol. The molecule has 19 heavy (non-hydrogen) atoms. The van der Waals surface area contributed by atoms with Gasteiger partial charge in [0.1, 0.15) is 4.88 Å². The zero-order chi connectivity index (χ0) is 13.2. The third kappa shape index (κ3) is 2.46. The number of hydrogen-bond acceptors (Lipinski definition) is 4. The summed E-state index contributed by atoms with van der Waals surface area (Å²) in [6.45, 7) is -0.220. The lowest BCUT2D eigenvalue weighted by Gasteiger charge is -2.01. The van der Waals surface area contributed by atoms with E-state index in [0.717, 1.165) is 12.8 Å². The smallest absolute Gasteiger partial charge is 0.348 e. The Morgan fingerprint density at radius 1 is 1.37 bits per heavy atom. The van der Waals surface area contributed by atoms with Gasteiger partial charge in [0.05, 0.1) is 5.69 Å². The lowest BCUT2D eigenvalue weighted by Crippen LogP contribution is -2.13. The molecule has 0 saturated heterocycles. The summed E-state index contributed by atoms with van der Waals surface area (Å²) in [7, 11) is 0. The molecule has 3 rings (SSSR count). The van der Waals surface area contributed by atoms with E-state index in [9.17, 15) is 9.59 Å². The SMILES string of the molecule is O=C(COC(=O)c1cc2c(s1)CCC2)c1ccc[nH]1. The van der Waals surface area contributed by atoms with Crippen LogP contribution in [0.5, 0.6) is 0 Å². The summed E-state index contributed by atoms with van der Waals surface area (Å²) < 4.78 is 5.05. The Hall–Kier alpha value is -1.88. The lowest BCUT2D eigenvalue weighted by atomic mass is 10.2. The fourth-order valence-electron chi connectivity index (χ4n) is 2.21. The molecule has 0 atom stereocenters. The number of esters is 1. The summed E-state index contributed by atoms with van der Waals surface area (Å²) in [5.41, 5.74) is 1.72. The number of hydrogen-bond donors (Lipinski definition) is 1. The molecule has 5 heteroatoms. The molecule has 1 aliphatic rings. The van der Waals surface area contributed by atoms with Gasteiger partial charge < -0.3 is 9.72 Å². The zero-order valence-electron chi connectivity index (χ0n) is 10.3. The van der Waals surface area contributed by atoms with Gasteiger partial charge in [-0.3, -0.25) is 4.79 Å². The minimum absolute atomic E-state index is 0.220. The van der Waals surface area contributed by atoms with E-state index in [1.807, 2.05) is 6.07 Å². The average Bonchev–Trinajstić information content (AvgIpc) is 3.09. The maximum absolute atomic E-state index is 11.9. The second-order valence-corrected chi connectivity index (χ2v) is 5.63. The minimum Gasteiger partial charge on any atom is -0.453 e. The highest BCUT2D eigenvalue weighted by atomic mass is 32.1. The van der Waals surface area contributed by atoms with Crippen LogP contribution in [0, 0.1) is 0 Å². The van der Waals surface area contributed by atoms with Gasteiger partial charge in [0.2, 0.25) is 5.78 Å². The number of carbonyl (C=O) groups is 2. The summed E-state index contributed by atoms with van der Waals surface area (Å²) in [6.07, 6.45) is 4.93. The van der Waals surface area contributed by atoms with E-state index in [1.54, 1.807) is 18.3 Å². The van der Waals surface area contributed by atoms with Gasteiger partial charge in [0.25, 0.3) is 0 Å². The van der Waals surface area contributed by atoms with Crippen LogP contribution in [0.4, 0.5) is 0 Å². The molecule has 1 aliphatic carbocycles. The number of fused-ring (bicyclic) bond motifs is 1. The van der Waals surface area contributed by atoms with Crippen molar-refractivity contribution in [3.63, 3.8) is 0 Å². The van der Waals surface area contributed by atoms with Crippen LogP contribution in [0.15, 0.2) is 24.4 Å².